The van der Waals surface area contributed by atoms with E-state index < -0.39 is 5.82 Å². The van der Waals surface area contributed by atoms with Crippen molar-refractivity contribution in [3.8, 4) is 5.75 Å². The van der Waals surface area contributed by atoms with Crippen LogP contribution < -0.4 is 15.8 Å². The summed E-state index contributed by atoms with van der Waals surface area (Å²) in [5.74, 6) is 1.64. The van der Waals surface area contributed by atoms with Gasteiger partial charge in [0.2, 0.25) is 0 Å². The Morgan fingerprint density at radius 1 is 1.40 bits per heavy atom. The summed E-state index contributed by atoms with van der Waals surface area (Å²) in [6.07, 6.45) is 1.63. The molecule has 0 bridgehead atoms. The average Bonchev–Trinajstić information content (AvgIpc) is 2.43. The second kappa shape index (κ2) is 9.72. The van der Waals surface area contributed by atoms with Crippen LogP contribution in [0.1, 0.15) is 19.8 Å². The Bertz CT molecular complexity index is 405. The van der Waals surface area contributed by atoms with Gasteiger partial charge in [-0.1, -0.05) is 6.92 Å². The lowest BCUT2D eigenvalue weighted by molar-refractivity contribution is 0.296. The van der Waals surface area contributed by atoms with Crippen LogP contribution in [-0.4, -0.2) is 36.4 Å². The molecule has 0 radical (unpaired) electrons. The van der Waals surface area contributed by atoms with Crippen molar-refractivity contribution < 1.29 is 14.2 Å². The molecule has 0 saturated heterocycles. The summed E-state index contributed by atoms with van der Waals surface area (Å²) in [5, 5.41) is 11.8. The number of aliphatic hydroxyl groups is 1. The largest absolute Gasteiger partial charge is 0.490 e. The van der Waals surface area contributed by atoms with Crippen LogP contribution in [0.3, 0.4) is 0 Å². The van der Waals surface area contributed by atoms with E-state index in [1.54, 1.807) is 17.8 Å². The lowest BCUT2D eigenvalue weighted by Crippen LogP contribution is -2.08. The van der Waals surface area contributed by atoms with Crippen LogP contribution in [0.5, 0.6) is 5.75 Å². The molecule has 114 valence electrons. The maximum Gasteiger partial charge on any atom is 0.167 e. The Labute approximate surface area is 123 Å². The number of nitrogens with two attached hydrogens (primary N) is 1. The number of rotatable bonds is 10. The zero-order valence-electron chi connectivity index (χ0n) is 11.8. The summed E-state index contributed by atoms with van der Waals surface area (Å²) in [5.41, 5.74) is 6.86. The molecule has 0 atom stereocenters. The number of ether oxygens (including phenoxy) is 1. The van der Waals surface area contributed by atoms with Gasteiger partial charge in [-0.3, -0.25) is 0 Å². The molecule has 0 aliphatic carbocycles. The third-order valence-electron chi connectivity index (χ3n) is 2.57. The van der Waals surface area contributed by atoms with Crippen molar-refractivity contribution in [3.05, 3.63) is 17.9 Å². The van der Waals surface area contributed by atoms with Crippen LogP contribution in [-0.2, 0) is 0 Å². The Morgan fingerprint density at radius 2 is 2.20 bits per heavy atom. The Balaban J connectivity index is 2.47. The monoisotopic (exact) mass is 302 g/mol. The van der Waals surface area contributed by atoms with Crippen molar-refractivity contribution in [1.29, 1.82) is 0 Å². The van der Waals surface area contributed by atoms with Crippen LogP contribution in [0.4, 0.5) is 15.8 Å². The van der Waals surface area contributed by atoms with Crippen molar-refractivity contribution >= 4 is 23.1 Å². The Kier molecular flexibility index (Phi) is 8.22. The summed E-state index contributed by atoms with van der Waals surface area (Å²) in [6, 6.07) is 2.89. The first-order valence-corrected chi connectivity index (χ1v) is 7.98. The fourth-order valence-electron chi connectivity index (χ4n) is 1.57. The molecule has 0 spiro atoms. The van der Waals surface area contributed by atoms with E-state index in [9.17, 15) is 4.39 Å². The molecule has 0 aliphatic heterocycles. The fourth-order valence-corrected chi connectivity index (χ4v) is 2.35. The molecule has 0 saturated carbocycles. The van der Waals surface area contributed by atoms with Crippen LogP contribution in [0, 0.1) is 5.82 Å². The van der Waals surface area contributed by atoms with Gasteiger partial charge in [-0.05, 0) is 18.6 Å². The molecular weight excluding hydrogens is 279 g/mol. The van der Waals surface area contributed by atoms with Gasteiger partial charge in [-0.25, -0.2) is 4.39 Å². The van der Waals surface area contributed by atoms with Gasteiger partial charge in [0.1, 0.15) is 0 Å². The third kappa shape index (κ3) is 5.88. The second-order valence-electron chi connectivity index (χ2n) is 4.33. The maximum atomic E-state index is 13.6. The van der Waals surface area contributed by atoms with Crippen molar-refractivity contribution in [3.63, 3.8) is 0 Å². The first-order chi connectivity index (χ1) is 9.69. The lowest BCUT2D eigenvalue weighted by atomic mass is 10.2. The Hall–Kier alpha value is -1.14. The molecule has 0 aliphatic rings. The van der Waals surface area contributed by atoms with Gasteiger partial charge in [0.25, 0.3) is 0 Å². The lowest BCUT2D eigenvalue weighted by Gasteiger charge is -2.13. The minimum Gasteiger partial charge on any atom is -0.490 e. The van der Waals surface area contributed by atoms with Gasteiger partial charge in [0, 0.05) is 31.0 Å². The standard InChI is InChI=1S/C14H23FN2O2S/c1-2-6-19-14-10-13(12(16)9-11(14)15)17-4-8-20-7-3-5-18/h9-10,17-18H,2-8,16H2,1H3. The van der Waals surface area contributed by atoms with E-state index >= 15 is 0 Å². The van der Waals surface area contributed by atoms with Gasteiger partial charge in [0.15, 0.2) is 11.6 Å². The highest BCUT2D eigenvalue weighted by Gasteiger charge is 2.08. The van der Waals surface area contributed by atoms with E-state index in [0.29, 0.717) is 18.0 Å². The van der Waals surface area contributed by atoms with Crippen molar-refractivity contribution in [2.24, 2.45) is 0 Å². The number of aliphatic hydroxyl groups excluding tert-OH is 1. The number of nitrogen functional groups attached to an aromatic ring is 1. The molecule has 6 heteroatoms. The predicted octanol–water partition coefficient (Wildman–Crippen LogP) is 2.72. The number of hydrogen-bond acceptors (Lipinski definition) is 5. The van der Waals surface area contributed by atoms with Gasteiger partial charge in [-0.15, -0.1) is 0 Å². The Morgan fingerprint density at radius 3 is 2.90 bits per heavy atom. The number of hydrogen-bond donors (Lipinski definition) is 3. The van der Waals surface area contributed by atoms with Crippen LogP contribution in [0.25, 0.3) is 0 Å². The summed E-state index contributed by atoms with van der Waals surface area (Å²) >= 11 is 1.76. The summed E-state index contributed by atoms with van der Waals surface area (Å²) in [4.78, 5) is 0. The van der Waals surface area contributed by atoms with E-state index in [4.69, 9.17) is 15.6 Å². The van der Waals surface area contributed by atoms with Gasteiger partial charge < -0.3 is 20.9 Å². The van der Waals surface area contributed by atoms with Crippen molar-refractivity contribution in [2.75, 3.05) is 42.3 Å². The van der Waals surface area contributed by atoms with Crippen molar-refractivity contribution in [2.45, 2.75) is 19.8 Å². The SMILES string of the molecule is CCCOc1cc(NCCSCCCO)c(N)cc1F. The molecule has 0 heterocycles. The number of anilines is 2. The molecule has 0 amide bonds. The van der Waals surface area contributed by atoms with E-state index in [2.05, 4.69) is 5.32 Å². The van der Waals surface area contributed by atoms with E-state index in [1.165, 1.54) is 6.07 Å². The van der Waals surface area contributed by atoms with E-state index in [0.717, 1.165) is 30.9 Å². The number of thioether (sulfide) groups is 1. The highest BCUT2D eigenvalue weighted by atomic mass is 32.2. The summed E-state index contributed by atoms with van der Waals surface area (Å²) < 4.78 is 19.0. The molecule has 1 aromatic carbocycles. The zero-order chi connectivity index (χ0) is 14.8. The summed E-state index contributed by atoms with van der Waals surface area (Å²) in [7, 11) is 0. The quantitative estimate of drug-likeness (QED) is 0.458. The minimum absolute atomic E-state index is 0.226. The predicted molar refractivity (Wildman–Crippen MR) is 84.1 cm³/mol. The van der Waals surface area contributed by atoms with Gasteiger partial charge >= 0.3 is 0 Å². The smallest absolute Gasteiger partial charge is 0.167 e. The molecule has 20 heavy (non-hydrogen) atoms. The fraction of sp³-hybridized carbons (Fsp3) is 0.571. The molecular formula is C14H23FN2O2S. The number of nitrogens with one attached hydrogen (secondary N) is 1. The topological polar surface area (TPSA) is 67.5 Å². The van der Waals surface area contributed by atoms with E-state index in [1.807, 2.05) is 6.92 Å². The molecule has 0 aromatic heterocycles. The normalized spacial score (nSPS) is 10.6. The van der Waals surface area contributed by atoms with Crippen LogP contribution in [0.15, 0.2) is 12.1 Å². The average molecular weight is 302 g/mol. The molecule has 0 unspecified atom stereocenters. The van der Waals surface area contributed by atoms with Crippen LogP contribution in [0.2, 0.25) is 0 Å². The van der Waals surface area contributed by atoms with E-state index in [-0.39, 0.29) is 12.4 Å². The first-order valence-electron chi connectivity index (χ1n) is 6.83. The first kappa shape index (κ1) is 16.9. The molecule has 1 rings (SSSR count). The minimum atomic E-state index is -0.432. The maximum absolute atomic E-state index is 13.6. The van der Waals surface area contributed by atoms with Gasteiger partial charge in [-0.2, -0.15) is 11.8 Å². The number of benzene rings is 1. The highest BCUT2D eigenvalue weighted by molar-refractivity contribution is 7.99. The molecule has 0 fully saturated rings. The highest BCUT2D eigenvalue weighted by Crippen LogP contribution is 2.28. The molecule has 4 N–H and O–H groups in total. The van der Waals surface area contributed by atoms with Crippen LogP contribution >= 0.6 is 11.8 Å². The second-order valence-corrected chi connectivity index (χ2v) is 5.56. The third-order valence-corrected chi connectivity index (χ3v) is 3.64. The van der Waals surface area contributed by atoms with Gasteiger partial charge in [0.05, 0.1) is 18.0 Å². The van der Waals surface area contributed by atoms with Crippen molar-refractivity contribution in [1.82, 2.24) is 0 Å². The number of halogens is 1. The summed E-state index contributed by atoms with van der Waals surface area (Å²) in [6.45, 7) is 3.41. The zero-order valence-corrected chi connectivity index (χ0v) is 12.6. The molecule has 4 nitrogen and oxygen atoms in total. The molecule has 1 aromatic rings.